The first-order chi connectivity index (χ1) is 18.1. The van der Waals surface area contributed by atoms with Gasteiger partial charge < -0.3 is 9.52 Å². The lowest BCUT2D eigenvalue weighted by Crippen LogP contribution is -2.37. The lowest BCUT2D eigenvalue weighted by molar-refractivity contribution is -0.00893. The molecule has 0 aliphatic rings. The van der Waals surface area contributed by atoms with E-state index in [0.717, 1.165) is 23.4 Å². The van der Waals surface area contributed by atoms with Crippen LogP contribution in [0.5, 0.6) is 0 Å². The van der Waals surface area contributed by atoms with Crippen LogP contribution in [0, 0.1) is 11.6 Å². The quantitative estimate of drug-likeness (QED) is 0.309. The van der Waals surface area contributed by atoms with E-state index in [9.17, 15) is 13.9 Å². The fraction of sp³-hybridized carbons (Fsp3) is 0.280. The summed E-state index contributed by atoms with van der Waals surface area (Å²) in [4.78, 5) is 3.86. The molecular formula is C25H24F2N8O2S. The third kappa shape index (κ3) is 5.63. The van der Waals surface area contributed by atoms with Crippen molar-refractivity contribution in [3.63, 3.8) is 0 Å². The first kappa shape index (κ1) is 25.7. The summed E-state index contributed by atoms with van der Waals surface area (Å²) in [6, 6.07) is 10.9. The predicted molar refractivity (Wildman–Crippen MR) is 133 cm³/mol. The Morgan fingerprint density at radius 1 is 0.974 bits per heavy atom. The number of rotatable bonds is 8. The van der Waals surface area contributed by atoms with Crippen molar-refractivity contribution in [2.24, 2.45) is 0 Å². The van der Waals surface area contributed by atoms with Crippen molar-refractivity contribution in [1.29, 1.82) is 0 Å². The number of hydrogen-bond donors (Lipinski definition) is 1. The second-order valence-electron chi connectivity index (χ2n) is 9.81. The zero-order valence-corrected chi connectivity index (χ0v) is 21.6. The van der Waals surface area contributed by atoms with E-state index < -0.39 is 17.2 Å². The molecule has 196 valence electrons. The molecule has 38 heavy (non-hydrogen) atoms. The van der Waals surface area contributed by atoms with Gasteiger partial charge in [-0.3, -0.25) is 0 Å². The van der Waals surface area contributed by atoms with Gasteiger partial charge in [0, 0.05) is 17.2 Å². The number of halogens is 2. The van der Waals surface area contributed by atoms with E-state index >= 15 is 0 Å². The van der Waals surface area contributed by atoms with Crippen LogP contribution in [0.15, 0.2) is 76.0 Å². The molecule has 0 fully saturated rings. The normalized spacial score (nSPS) is 13.5. The van der Waals surface area contributed by atoms with Crippen molar-refractivity contribution in [2.45, 2.75) is 55.1 Å². The number of benzene rings is 2. The Labute approximate surface area is 220 Å². The maximum atomic E-state index is 14.7. The minimum atomic E-state index is -1.84. The summed E-state index contributed by atoms with van der Waals surface area (Å²) >= 11 is 1.10. The van der Waals surface area contributed by atoms with E-state index in [0.29, 0.717) is 17.0 Å². The van der Waals surface area contributed by atoms with Crippen LogP contribution in [0.4, 0.5) is 8.78 Å². The second kappa shape index (κ2) is 10.1. The van der Waals surface area contributed by atoms with Crippen LogP contribution in [-0.4, -0.2) is 45.1 Å². The molecule has 3 heterocycles. The van der Waals surface area contributed by atoms with Crippen molar-refractivity contribution >= 4 is 11.8 Å². The molecule has 0 saturated carbocycles. The molecule has 0 saturated heterocycles. The van der Waals surface area contributed by atoms with Crippen LogP contribution in [-0.2, 0) is 24.1 Å². The van der Waals surface area contributed by atoms with E-state index in [-0.39, 0.29) is 29.3 Å². The summed E-state index contributed by atoms with van der Waals surface area (Å²) in [5.41, 5.74) is 0.0668. The Hall–Kier alpha value is -3.97. The number of aliphatic hydroxyl groups is 1. The molecule has 1 atom stereocenters. The van der Waals surface area contributed by atoms with Gasteiger partial charge in [0.15, 0.2) is 0 Å². The fourth-order valence-electron chi connectivity index (χ4n) is 3.91. The molecule has 5 rings (SSSR count). The molecule has 0 radical (unpaired) electrons. The number of hydrogen-bond acceptors (Lipinski definition) is 9. The molecule has 0 bridgehead atoms. The highest BCUT2D eigenvalue weighted by Crippen LogP contribution is 2.31. The number of nitrogens with zero attached hydrogens (tertiary/aromatic N) is 8. The van der Waals surface area contributed by atoms with E-state index in [1.165, 1.54) is 33.6 Å². The lowest BCUT2D eigenvalue weighted by Gasteiger charge is -2.28. The van der Waals surface area contributed by atoms with Crippen molar-refractivity contribution < 1.29 is 18.3 Å². The summed E-state index contributed by atoms with van der Waals surface area (Å²) in [5, 5.41) is 32.5. The van der Waals surface area contributed by atoms with Crippen LogP contribution in [0.3, 0.4) is 0 Å². The molecule has 1 unspecified atom stereocenters. The van der Waals surface area contributed by atoms with E-state index in [1.807, 2.05) is 24.3 Å². The van der Waals surface area contributed by atoms with Crippen LogP contribution in [0.1, 0.15) is 31.9 Å². The van der Waals surface area contributed by atoms with Crippen LogP contribution >= 0.6 is 11.8 Å². The average Bonchev–Trinajstić information content (AvgIpc) is 3.62. The van der Waals surface area contributed by atoms with Crippen molar-refractivity contribution in [2.75, 3.05) is 0 Å². The molecule has 10 nitrogen and oxygen atoms in total. The Morgan fingerprint density at radius 2 is 1.74 bits per heavy atom. The van der Waals surface area contributed by atoms with Gasteiger partial charge in [-0.2, -0.15) is 5.10 Å². The maximum Gasteiger partial charge on any atom is 0.283 e. The molecule has 1 N–H and O–H groups in total. The van der Waals surface area contributed by atoms with Gasteiger partial charge >= 0.3 is 0 Å². The molecule has 5 aromatic rings. The molecule has 0 amide bonds. The highest BCUT2D eigenvalue weighted by molar-refractivity contribution is 7.99. The molecule has 0 aliphatic heterocycles. The smallest absolute Gasteiger partial charge is 0.283 e. The topological polar surface area (TPSA) is 121 Å². The molecule has 2 aromatic carbocycles. The standard InChI is InChI=1S/C25H24F2N8O2S/c1-24(2,3)17-6-4-16(5-7-17)22-31-32-23(37-22)38-21-11-34(33-30-21)12-25(36,13-35-15-28-14-29-35)19-9-8-18(26)10-20(19)27/h4-11,14-15,36H,12-13H2,1-3H3. The van der Waals surface area contributed by atoms with Gasteiger partial charge in [-0.25, -0.2) is 23.1 Å². The predicted octanol–water partition coefficient (Wildman–Crippen LogP) is 4.23. The van der Waals surface area contributed by atoms with Gasteiger partial charge in [0.2, 0.25) is 5.89 Å². The Kier molecular flexibility index (Phi) is 6.80. The fourth-order valence-corrected chi connectivity index (χ4v) is 4.55. The largest absolute Gasteiger partial charge is 0.411 e. The summed E-state index contributed by atoms with van der Waals surface area (Å²) in [7, 11) is 0. The third-order valence-corrected chi connectivity index (χ3v) is 6.60. The second-order valence-corrected chi connectivity index (χ2v) is 10.8. The van der Waals surface area contributed by atoms with Crippen LogP contribution < -0.4 is 0 Å². The van der Waals surface area contributed by atoms with E-state index in [1.54, 1.807) is 6.20 Å². The van der Waals surface area contributed by atoms with Crippen LogP contribution in [0.25, 0.3) is 11.5 Å². The van der Waals surface area contributed by atoms with Crippen LogP contribution in [0.2, 0.25) is 0 Å². The van der Waals surface area contributed by atoms with Gasteiger partial charge in [-0.1, -0.05) is 44.2 Å². The van der Waals surface area contributed by atoms with Gasteiger partial charge in [-0.05, 0) is 40.9 Å². The molecule has 3 aromatic heterocycles. The molecule has 0 spiro atoms. The van der Waals surface area contributed by atoms with E-state index in [2.05, 4.69) is 51.4 Å². The monoisotopic (exact) mass is 538 g/mol. The first-order valence-electron chi connectivity index (χ1n) is 11.6. The minimum Gasteiger partial charge on any atom is -0.411 e. The molecular weight excluding hydrogens is 514 g/mol. The average molecular weight is 539 g/mol. The van der Waals surface area contributed by atoms with Gasteiger partial charge in [0.25, 0.3) is 5.22 Å². The van der Waals surface area contributed by atoms with Gasteiger partial charge in [0.1, 0.15) is 34.9 Å². The zero-order valence-electron chi connectivity index (χ0n) is 20.8. The van der Waals surface area contributed by atoms with Crippen molar-refractivity contribution in [1.82, 2.24) is 40.0 Å². The zero-order chi connectivity index (χ0) is 26.9. The van der Waals surface area contributed by atoms with E-state index in [4.69, 9.17) is 4.42 Å². The third-order valence-electron chi connectivity index (χ3n) is 5.86. The summed E-state index contributed by atoms with van der Waals surface area (Å²) in [6.45, 7) is 6.07. The van der Waals surface area contributed by atoms with Gasteiger partial charge in [-0.15, -0.1) is 15.3 Å². The minimum absolute atomic E-state index is 0.0319. The summed E-state index contributed by atoms with van der Waals surface area (Å²) < 4.78 is 36.7. The van der Waals surface area contributed by atoms with Crippen molar-refractivity contribution in [3.05, 3.63) is 84.1 Å². The van der Waals surface area contributed by atoms with Crippen molar-refractivity contribution in [3.8, 4) is 11.5 Å². The Balaban J connectivity index is 1.33. The van der Waals surface area contributed by atoms with Gasteiger partial charge in [0.05, 0.1) is 19.3 Å². The summed E-state index contributed by atoms with van der Waals surface area (Å²) in [6.07, 6.45) is 4.24. The maximum absolute atomic E-state index is 14.7. The Morgan fingerprint density at radius 3 is 2.42 bits per heavy atom. The lowest BCUT2D eigenvalue weighted by atomic mass is 9.87. The molecule has 0 aliphatic carbocycles. The SMILES string of the molecule is CC(C)(C)c1ccc(-c2nnc(Sc3cn(CC(O)(Cn4cncn4)c4ccc(F)cc4F)nn3)o2)cc1. The highest BCUT2D eigenvalue weighted by Gasteiger charge is 2.35. The highest BCUT2D eigenvalue weighted by atomic mass is 32.2. The number of aromatic nitrogens is 8. The molecule has 13 heteroatoms. The Bertz CT molecular complexity index is 1530. The first-order valence-corrected chi connectivity index (χ1v) is 12.4. The summed E-state index contributed by atoms with van der Waals surface area (Å²) in [5.74, 6) is -1.27.